The summed E-state index contributed by atoms with van der Waals surface area (Å²) >= 11 is 4.28. The van der Waals surface area contributed by atoms with Gasteiger partial charge in [-0.2, -0.15) is 9.46 Å². The number of rotatable bonds is 1. The molecule has 1 rings (SSSR count). The first-order valence-corrected chi connectivity index (χ1v) is 2.63. The molecule has 0 amide bonds. The zero-order valence-corrected chi connectivity index (χ0v) is 5.27. The van der Waals surface area contributed by atoms with Gasteiger partial charge in [-0.05, 0) is 6.07 Å². The molecule has 0 aliphatic carbocycles. The van der Waals surface area contributed by atoms with Crippen LogP contribution in [0, 0.1) is 5.41 Å². The molecular weight excluding hydrogens is 136 g/mol. The number of H-pyrrole nitrogens is 1. The van der Waals surface area contributed by atoms with Crippen LogP contribution in [-0.4, -0.2) is 16.0 Å². The Morgan fingerprint density at radius 2 is 2.67 bits per heavy atom. The smallest absolute Gasteiger partial charge is 0.183 e. The molecule has 0 spiro atoms. The molecule has 1 aromatic rings. The van der Waals surface area contributed by atoms with Crippen molar-refractivity contribution in [2.24, 2.45) is 4.36 Å². The molecule has 0 aromatic carbocycles. The van der Waals surface area contributed by atoms with E-state index in [-0.39, 0.29) is 5.84 Å². The molecule has 0 radical (unpaired) electrons. The number of aromatic nitrogens is 2. The van der Waals surface area contributed by atoms with E-state index in [0.717, 1.165) is 0 Å². The molecule has 1 heterocycles. The molecule has 5 heteroatoms. The van der Waals surface area contributed by atoms with Gasteiger partial charge in [0, 0.05) is 18.6 Å². The molecule has 0 fully saturated rings. The lowest BCUT2D eigenvalue weighted by molar-refractivity contribution is 1.07. The highest BCUT2D eigenvalue weighted by atomic mass is 32.1. The summed E-state index contributed by atoms with van der Waals surface area (Å²) in [5.74, 6) is 0.0440. The predicted octanol–water partition coefficient (Wildman–Crippen LogP) is 0.466. The van der Waals surface area contributed by atoms with Crippen LogP contribution in [0.2, 0.25) is 0 Å². The highest BCUT2D eigenvalue weighted by molar-refractivity contribution is 7.47. The largest absolute Gasteiger partial charge is 0.280 e. The number of aromatic amines is 1. The molecule has 0 bridgehead atoms. The molecule has 9 heavy (non-hydrogen) atoms. The second-order valence-corrected chi connectivity index (χ2v) is 1.59. The van der Waals surface area contributed by atoms with Gasteiger partial charge in [0.15, 0.2) is 5.84 Å². The summed E-state index contributed by atoms with van der Waals surface area (Å²) in [6.07, 6.45) is 1.55. The van der Waals surface area contributed by atoms with Crippen molar-refractivity contribution < 1.29 is 0 Å². The van der Waals surface area contributed by atoms with Crippen LogP contribution in [0.4, 0.5) is 0 Å². The van der Waals surface area contributed by atoms with Crippen molar-refractivity contribution in [3.8, 4) is 0 Å². The van der Waals surface area contributed by atoms with Crippen LogP contribution in [0.25, 0.3) is 0 Å². The molecule has 1 aromatic heterocycles. The fraction of sp³-hybridized carbons (Fsp3) is 0. The van der Waals surface area contributed by atoms with Crippen LogP contribution < -0.4 is 0 Å². The molecule has 0 saturated heterocycles. The molecule has 4 nitrogen and oxygen atoms in total. The molecule has 0 aliphatic rings. The molecule has 46 valence electrons. The lowest BCUT2D eigenvalue weighted by atomic mass is 10.4. The van der Waals surface area contributed by atoms with Gasteiger partial charge in [0.2, 0.25) is 0 Å². The third-order valence-electron chi connectivity index (χ3n) is 0.847. The van der Waals surface area contributed by atoms with Crippen LogP contribution in [0.15, 0.2) is 16.6 Å². The quantitative estimate of drug-likeness (QED) is 0.439. The van der Waals surface area contributed by atoms with Crippen LogP contribution >= 0.6 is 0 Å². The van der Waals surface area contributed by atoms with E-state index in [2.05, 4.69) is 27.0 Å². The summed E-state index contributed by atoms with van der Waals surface area (Å²) in [6.45, 7) is 0. The van der Waals surface area contributed by atoms with E-state index in [4.69, 9.17) is 5.41 Å². The minimum Gasteiger partial charge on any atom is -0.280 e. The lowest BCUT2D eigenvalue weighted by Gasteiger charge is -1.84. The molecule has 0 atom stereocenters. The van der Waals surface area contributed by atoms with E-state index in [9.17, 15) is 0 Å². The average molecular weight is 140 g/mol. The third-order valence-corrected chi connectivity index (χ3v) is 1.03. The van der Waals surface area contributed by atoms with E-state index >= 15 is 0 Å². The van der Waals surface area contributed by atoms with Crippen LogP contribution in [0.1, 0.15) is 5.69 Å². The minimum atomic E-state index is 0.0440. The standard InChI is InChI=1S/C4H4N4S/c5-4(8-9)3-1-2-6-7-3/h1-2,5H,(H,6,7). The monoisotopic (exact) mass is 140 g/mol. The Labute approximate surface area is 57.0 Å². The first kappa shape index (κ1) is 6.03. The Morgan fingerprint density at radius 1 is 1.89 bits per heavy atom. The Balaban J connectivity index is 2.89. The van der Waals surface area contributed by atoms with E-state index in [0.29, 0.717) is 5.69 Å². The van der Waals surface area contributed by atoms with Crippen molar-refractivity contribution in [1.82, 2.24) is 10.2 Å². The van der Waals surface area contributed by atoms with Gasteiger partial charge in [-0.25, -0.2) is 0 Å². The Kier molecular flexibility index (Phi) is 1.64. The fourth-order valence-corrected chi connectivity index (χ4v) is 0.535. The first-order chi connectivity index (χ1) is 4.34. The summed E-state index contributed by atoms with van der Waals surface area (Å²) in [6, 6.07) is 1.64. The molecule has 0 saturated carbocycles. The van der Waals surface area contributed by atoms with Crippen LogP contribution in [0.3, 0.4) is 0 Å². The second kappa shape index (κ2) is 2.45. The van der Waals surface area contributed by atoms with Crippen molar-refractivity contribution in [3.05, 3.63) is 18.0 Å². The molecule has 2 N–H and O–H groups in total. The maximum absolute atomic E-state index is 7.05. The molecule has 0 aliphatic heterocycles. The highest BCUT2D eigenvalue weighted by Gasteiger charge is 1.96. The van der Waals surface area contributed by atoms with Gasteiger partial charge in [-0.3, -0.25) is 10.5 Å². The molecular formula is C4H4N4S. The number of hydrogen-bond acceptors (Lipinski definition) is 3. The van der Waals surface area contributed by atoms with E-state index < -0.39 is 0 Å². The van der Waals surface area contributed by atoms with Crippen molar-refractivity contribution in [1.29, 1.82) is 5.41 Å². The minimum absolute atomic E-state index is 0.0440. The summed E-state index contributed by atoms with van der Waals surface area (Å²) in [7, 11) is 0. The third kappa shape index (κ3) is 1.17. The van der Waals surface area contributed by atoms with Gasteiger partial charge in [-0.15, -0.1) is 0 Å². The Hall–Kier alpha value is -1.10. The summed E-state index contributed by atoms with van der Waals surface area (Å²) in [4.78, 5) is 0. The number of nitrogens with zero attached hydrogens (tertiary/aromatic N) is 2. The Bertz CT molecular complexity index is 214. The lowest BCUT2D eigenvalue weighted by Crippen LogP contribution is -1.92. The Morgan fingerprint density at radius 3 is 3.11 bits per heavy atom. The number of hydrogen-bond donors (Lipinski definition) is 2. The number of nitrogens with one attached hydrogen (secondary N) is 2. The van der Waals surface area contributed by atoms with Gasteiger partial charge < -0.3 is 0 Å². The molecule has 0 unspecified atom stereocenters. The zero-order valence-electron chi connectivity index (χ0n) is 4.46. The van der Waals surface area contributed by atoms with E-state index in [1.807, 2.05) is 0 Å². The SMILES string of the molecule is N=C(N=S)c1ccn[nH]1. The fourth-order valence-electron chi connectivity index (χ4n) is 0.437. The predicted molar refractivity (Wildman–Crippen MR) is 35.2 cm³/mol. The van der Waals surface area contributed by atoms with Crippen molar-refractivity contribution in [2.45, 2.75) is 0 Å². The summed E-state index contributed by atoms with van der Waals surface area (Å²) in [5.41, 5.74) is 0.546. The maximum atomic E-state index is 7.05. The average Bonchev–Trinajstić information content (AvgIpc) is 2.37. The first-order valence-electron chi connectivity index (χ1n) is 2.26. The topological polar surface area (TPSA) is 64.9 Å². The van der Waals surface area contributed by atoms with Crippen molar-refractivity contribution in [3.63, 3.8) is 0 Å². The summed E-state index contributed by atoms with van der Waals surface area (Å²) in [5, 5.41) is 13.2. The van der Waals surface area contributed by atoms with Crippen LogP contribution in [-0.2, 0) is 12.4 Å². The van der Waals surface area contributed by atoms with Gasteiger partial charge in [0.05, 0.1) is 0 Å². The highest BCUT2D eigenvalue weighted by Crippen LogP contribution is 1.92. The van der Waals surface area contributed by atoms with E-state index in [1.165, 1.54) is 0 Å². The van der Waals surface area contributed by atoms with Crippen LogP contribution in [0.5, 0.6) is 0 Å². The van der Waals surface area contributed by atoms with Gasteiger partial charge in [-0.1, -0.05) is 0 Å². The van der Waals surface area contributed by atoms with Gasteiger partial charge in [0.1, 0.15) is 5.69 Å². The van der Waals surface area contributed by atoms with E-state index in [1.54, 1.807) is 12.3 Å². The van der Waals surface area contributed by atoms with Gasteiger partial charge in [0.25, 0.3) is 0 Å². The maximum Gasteiger partial charge on any atom is 0.183 e. The normalized spacial score (nSPS) is 8.89. The van der Waals surface area contributed by atoms with Crippen molar-refractivity contribution >= 4 is 18.3 Å². The number of amidine groups is 1. The second-order valence-electron chi connectivity index (χ2n) is 1.41. The van der Waals surface area contributed by atoms with Gasteiger partial charge >= 0.3 is 0 Å². The van der Waals surface area contributed by atoms with Crippen molar-refractivity contribution in [2.75, 3.05) is 0 Å². The zero-order chi connectivity index (χ0) is 6.69. The summed E-state index contributed by atoms with van der Waals surface area (Å²) < 4.78 is 3.23.